The highest BCUT2D eigenvalue weighted by Crippen LogP contribution is 2.36. The third-order valence-corrected chi connectivity index (χ3v) is 4.18. The first-order valence-electron chi connectivity index (χ1n) is 7.34. The number of ether oxygens (including phenoxy) is 1. The molecule has 1 heterocycles. The SMILES string of the molecule is Nc1c(-c2ccnc(OC3CC3)c2)ccc2c1CCC2. The molecule has 0 saturated heterocycles. The first-order valence-corrected chi connectivity index (χ1v) is 7.34. The molecule has 0 radical (unpaired) electrons. The normalized spacial score (nSPS) is 17.0. The highest BCUT2D eigenvalue weighted by molar-refractivity contribution is 5.80. The first-order chi connectivity index (χ1) is 9.81. The summed E-state index contributed by atoms with van der Waals surface area (Å²) >= 11 is 0. The van der Waals surface area contributed by atoms with Gasteiger partial charge in [0.2, 0.25) is 5.88 Å². The number of anilines is 1. The number of pyridine rings is 1. The lowest BCUT2D eigenvalue weighted by molar-refractivity contribution is 0.291. The molecule has 2 aliphatic carbocycles. The van der Waals surface area contributed by atoms with Gasteiger partial charge in [-0.15, -0.1) is 0 Å². The van der Waals surface area contributed by atoms with Crippen molar-refractivity contribution in [2.24, 2.45) is 0 Å². The Morgan fingerprint density at radius 1 is 1.15 bits per heavy atom. The number of benzene rings is 1. The van der Waals surface area contributed by atoms with Gasteiger partial charge in [0.1, 0.15) is 6.10 Å². The fourth-order valence-corrected chi connectivity index (χ4v) is 2.94. The summed E-state index contributed by atoms with van der Waals surface area (Å²) in [6.07, 6.45) is 7.95. The summed E-state index contributed by atoms with van der Waals surface area (Å²) in [5.74, 6) is 0.713. The van der Waals surface area contributed by atoms with Crippen molar-refractivity contribution >= 4 is 5.69 Å². The van der Waals surface area contributed by atoms with Gasteiger partial charge in [0.05, 0.1) is 0 Å². The van der Waals surface area contributed by atoms with Crippen LogP contribution in [0.15, 0.2) is 30.5 Å². The minimum Gasteiger partial charge on any atom is -0.474 e. The molecular weight excluding hydrogens is 248 g/mol. The summed E-state index contributed by atoms with van der Waals surface area (Å²) in [6.45, 7) is 0. The first kappa shape index (κ1) is 11.8. The summed E-state index contributed by atoms with van der Waals surface area (Å²) < 4.78 is 5.77. The van der Waals surface area contributed by atoms with Gasteiger partial charge in [0.25, 0.3) is 0 Å². The van der Waals surface area contributed by atoms with Gasteiger partial charge in [-0.05, 0) is 54.9 Å². The van der Waals surface area contributed by atoms with Crippen molar-refractivity contribution in [1.29, 1.82) is 0 Å². The largest absolute Gasteiger partial charge is 0.474 e. The maximum atomic E-state index is 6.37. The van der Waals surface area contributed by atoms with E-state index in [1.165, 1.54) is 17.5 Å². The Labute approximate surface area is 118 Å². The number of hydrogen-bond donors (Lipinski definition) is 1. The smallest absolute Gasteiger partial charge is 0.214 e. The van der Waals surface area contributed by atoms with Crippen LogP contribution in [-0.2, 0) is 12.8 Å². The van der Waals surface area contributed by atoms with Crippen molar-refractivity contribution in [3.05, 3.63) is 41.6 Å². The Morgan fingerprint density at radius 2 is 2.05 bits per heavy atom. The Balaban J connectivity index is 1.73. The fourth-order valence-electron chi connectivity index (χ4n) is 2.94. The predicted octanol–water partition coefficient (Wildman–Crippen LogP) is 3.36. The van der Waals surface area contributed by atoms with E-state index < -0.39 is 0 Å². The Bertz CT molecular complexity index is 662. The van der Waals surface area contributed by atoms with E-state index in [1.54, 1.807) is 6.20 Å². The summed E-state index contributed by atoms with van der Waals surface area (Å²) in [6, 6.07) is 8.36. The average Bonchev–Trinajstić information content (AvgIpc) is 3.13. The van der Waals surface area contributed by atoms with Gasteiger partial charge in [-0.3, -0.25) is 0 Å². The third kappa shape index (κ3) is 2.03. The van der Waals surface area contributed by atoms with E-state index in [0.29, 0.717) is 12.0 Å². The lowest BCUT2D eigenvalue weighted by Crippen LogP contribution is -2.00. The van der Waals surface area contributed by atoms with Crippen molar-refractivity contribution in [3.8, 4) is 17.0 Å². The number of rotatable bonds is 3. The molecule has 0 aliphatic heterocycles. The molecule has 1 saturated carbocycles. The van der Waals surface area contributed by atoms with Crippen molar-refractivity contribution in [1.82, 2.24) is 4.98 Å². The number of fused-ring (bicyclic) bond motifs is 1. The van der Waals surface area contributed by atoms with Crippen LogP contribution in [-0.4, -0.2) is 11.1 Å². The zero-order chi connectivity index (χ0) is 13.5. The van der Waals surface area contributed by atoms with Gasteiger partial charge in [0, 0.05) is 23.5 Å². The second kappa shape index (κ2) is 4.51. The lowest BCUT2D eigenvalue weighted by Gasteiger charge is -2.12. The van der Waals surface area contributed by atoms with E-state index in [1.807, 2.05) is 12.1 Å². The van der Waals surface area contributed by atoms with Gasteiger partial charge in [-0.25, -0.2) is 4.98 Å². The van der Waals surface area contributed by atoms with Crippen LogP contribution in [0, 0.1) is 0 Å². The molecule has 1 aromatic carbocycles. The molecule has 102 valence electrons. The average molecular weight is 266 g/mol. The van der Waals surface area contributed by atoms with Crippen LogP contribution in [0.1, 0.15) is 30.4 Å². The Morgan fingerprint density at radius 3 is 2.90 bits per heavy atom. The molecule has 2 N–H and O–H groups in total. The zero-order valence-corrected chi connectivity index (χ0v) is 11.4. The third-order valence-electron chi connectivity index (χ3n) is 4.18. The highest BCUT2D eigenvalue weighted by atomic mass is 16.5. The molecule has 0 unspecified atom stereocenters. The van der Waals surface area contributed by atoms with Crippen LogP contribution in [0.4, 0.5) is 5.69 Å². The number of nitrogens with two attached hydrogens (primary N) is 1. The molecule has 1 fully saturated rings. The van der Waals surface area contributed by atoms with Crippen molar-refractivity contribution < 1.29 is 4.74 Å². The molecule has 1 aromatic heterocycles. The quantitative estimate of drug-likeness (QED) is 0.867. The number of aromatic nitrogens is 1. The van der Waals surface area contributed by atoms with Crippen LogP contribution in [0.25, 0.3) is 11.1 Å². The molecule has 3 heteroatoms. The lowest BCUT2D eigenvalue weighted by atomic mass is 9.98. The van der Waals surface area contributed by atoms with Gasteiger partial charge >= 0.3 is 0 Å². The summed E-state index contributed by atoms with van der Waals surface area (Å²) in [5, 5.41) is 0. The van der Waals surface area contributed by atoms with E-state index >= 15 is 0 Å². The van der Waals surface area contributed by atoms with Crippen molar-refractivity contribution in [2.75, 3.05) is 5.73 Å². The van der Waals surface area contributed by atoms with Crippen LogP contribution < -0.4 is 10.5 Å². The molecule has 0 amide bonds. The van der Waals surface area contributed by atoms with Gasteiger partial charge in [-0.1, -0.05) is 12.1 Å². The fraction of sp³-hybridized carbons (Fsp3) is 0.353. The molecular formula is C17H18N2O. The molecule has 2 aromatic rings. The van der Waals surface area contributed by atoms with Crippen molar-refractivity contribution in [3.63, 3.8) is 0 Å². The zero-order valence-electron chi connectivity index (χ0n) is 11.4. The van der Waals surface area contributed by atoms with Crippen molar-refractivity contribution in [2.45, 2.75) is 38.2 Å². The molecule has 4 rings (SSSR count). The topological polar surface area (TPSA) is 48.1 Å². The monoisotopic (exact) mass is 266 g/mol. The van der Waals surface area contributed by atoms with Crippen LogP contribution >= 0.6 is 0 Å². The van der Waals surface area contributed by atoms with E-state index in [4.69, 9.17) is 10.5 Å². The molecule has 0 atom stereocenters. The second-order valence-corrected chi connectivity index (χ2v) is 5.72. The molecule has 20 heavy (non-hydrogen) atoms. The number of aryl methyl sites for hydroxylation is 1. The minimum absolute atomic E-state index is 0.370. The van der Waals surface area contributed by atoms with Crippen LogP contribution in [0.2, 0.25) is 0 Å². The number of nitrogen functional groups attached to an aromatic ring is 1. The van der Waals surface area contributed by atoms with Crippen LogP contribution in [0.5, 0.6) is 5.88 Å². The van der Waals surface area contributed by atoms with Crippen LogP contribution in [0.3, 0.4) is 0 Å². The molecule has 2 aliphatic rings. The van der Waals surface area contributed by atoms with E-state index in [2.05, 4.69) is 17.1 Å². The Hall–Kier alpha value is -2.03. The van der Waals surface area contributed by atoms with Gasteiger partial charge in [-0.2, -0.15) is 0 Å². The molecule has 0 bridgehead atoms. The number of nitrogens with zero attached hydrogens (tertiary/aromatic N) is 1. The second-order valence-electron chi connectivity index (χ2n) is 5.72. The summed E-state index contributed by atoms with van der Waals surface area (Å²) in [5.41, 5.74) is 12.3. The Kier molecular flexibility index (Phi) is 2.66. The van der Waals surface area contributed by atoms with E-state index in [0.717, 1.165) is 42.5 Å². The number of hydrogen-bond acceptors (Lipinski definition) is 3. The minimum atomic E-state index is 0.370. The van der Waals surface area contributed by atoms with E-state index in [9.17, 15) is 0 Å². The highest BCUT2D eigenvalue weighted by Gasteiger charge is 2.24. The summed E-state index contributed by atoms with van der Waals surface area (Å²) in [4.78, 5) is 4.28. The van der Waals surface area contributed by atoms with Gasteiger partial charge in [0.15, 0.2) is 0 Å². The maximum absolute atomic E-state index is 6.37. The van der Waals surface area contributed by atoms with Gasteiger partial charge < -0.3 is 10.5 Å². The summed E-state index contributed by atoms with van der Waals surface area (Å²) in [7, 11) is 0. The van der Waals surface area contributed by atoms with E-state index in [-0.39, 0.29) is 0 Å². The maximum Gasteiger partial charge on any atom is 0.214 e. The predicted molar refractivity (Wildman–Crippen MR) is 79.8 cm³/mol. The molecule has 0 spiro atoms. The molecule has 3 nitrogen and oxygen atoms in total. The standard InChI is InChI=1S/C17H18N2O/c18-17-14-3-1-2-11(14)4-7-15(17)12-8-9-19-16(10-12)20-13-5-6-13/h4,7-10,13H,1-3,5-6,18H2.